The zero-order chi connectivity index (χ0) is 10.7. The highest BCUT2D eigenvalue weighted by Crippen LogP contribution is 2.25. The molecule has 1 aliphatic carbocycles. The van der Waals surface area contributed by atoms with Gasteiger partial charge in [-0.1, -0.05) is 30.9 Å². The maximum absolute atomic E-state index is 5.85. The topological polar surface area (TPSA) is 29.0 Å². The zero-order valence-corrected chi connectivity index (χ0v) is 9.74. The van der Waals surface area contributed by atoms with E-state index in [1.54, 1.807) is 0 Å². The molecule has 0 unspecified atom stereocenters. The minimum Gasteiger partial charge on any atom is -0.357 e. The molecule has 0 saturated heterocycles. The largest absolute Gasteiger partial charge is 0.357 e. The summed E-state index contributed by atoms with van der Waals surface area (Å²) in [5.41, 5.74) is 0. The first-order valence-electron chi connectivity index (χ1n) is 5.48. The second-order valence-electron chi connectivity index (χ2n) is 4.10. The average molecular weight is 226 g/mol. The summed E-state index contributed by atoms with van der Waals surface area (Å²) in [5.74, 6) is 0.932. The Kier molecular flexibility index (Phi) is 3.41. The van der Waals surface area contributed by atoms with Gasteiger partial charge in [-0.25, -0.2) is 9.97 Å². The second-order valence-corrected chi connectivity index (χ2v) is 4.49. The fraction of sp³-hybridized carbons (Fsp3) is 0.636. The van der Waals surface area contributed by atoms with E-state index < -0.39 is 0 Å². The number of hydrogen-bond acceptors (Lipinski definition) is 3. The number of hydrogen-bond donors (Lipinski definition) is 0. The summed E-state index contributed by atoms with van der Waals surface area (Å²) in [4.78, 5) is 10.4. The molecule has 1 heterocycles. The smallest absolute Gasteiger partial charge is 0.134 e. The Hall–Kier alpha value is -0.830. The van der Waals surface area contributed by atoms with Crippen LogP contribution in [0.4, 0.5) is 5.82 Å². The first-order valence-corrected chi connectivity index (χ1v) is 5.85. The van der Waals surface area contributed by atoms with Gasteiger partial charge in [0.05, 0.1) is 0 Å². The molecule has 0 radical (unpaired) electrons. The summed E-state index contributed by atoms with van der Waals surface area (Å²) in [6.07, 6.45) is 8.07. The molecule has 82 valence electrons. The molecular weight excluding hydrogens is 210 g/mol. The van der Waals surface area contributed by atoms with Crippen molar-refractivity contribution in [2.24, 2.45) is 0 Å². The van der Waals surface area contributed by atoms with E-state index in [-0.39, 0.29) is 0 Å². The van der Waals surface area contributed by atoms with Gasteiger partial charge in [0.25, 0.3) is 0 Å². The maximum atomic E-state index is 5.85. The number of nitrogens with zero attached hydrogens (tertiary/aromatic N) is 3. The molecule has 0 aromatic carbocycles. The molecule has 0 bridgehead atoms. The van der Waals surface area contributed by atoms with Crippen LogP contribution in [0.15, 0.2) is 12.4 Å². The highest BCUT2D eigenvalue weighted by Gasteiger charge is 2.19. The van der Waals surface area contributed by atoms with Gasteiger partial charge in [-0.2, -0.15) is 0 Å². The third-order valence-electron chi connectivity index (χ3n) is 3.10. The zero-order valence-electron chi connectivity index (χ0n) is 8.99. The molecule has 0 aliphatic heterocycles. The lowest BCUT2D eigenvalue weighted by Gasteiger charge is -2.31. The van der Waals surface area contributed by atoms with Crippen LogP contribution in [0.2, 0.25) is 5.15 Å². The Bertz CT molecular complexity index is 323. The van der Waals surface area contributed by atoms with E-state index in [0.717, 1.165) is 5.82 Å². The number of anilines is 1. The SMILES string of the molecule is CN(c1cc(Cl)ncn1)C1CCCCC1. The van der Waals surface area contributed by atoms with E-state index in [1.807, 2.05) is 6.07 Å². The number of halogens is 1. The Morgan fingerprint density at radius 2 is 2.00 bits per heavy atom. The summed E-state index contributed by atoms with van der Waals surface area (Å²) >= 11 is 5.85. The molecule has 4 heteroatoms. The van der Waals surface area contributed by atoms with Crippen molar-refractivity contribution in [1.82, 2.24) is 9.97 Å². The molecule has 1 aliphatic rings. The van der Waals surface area contributed by atoms with Crippen molar-refractivity contribution in [2.75, 3.05) is 11.9 Å². The van der Waals surface area contributed by atoms with E-state index in [9.17, 15) is 0 Å². The van der Waals surface area contributed by atoms with Gasteiger partial charge in [0.15, 0.2) is 0 Å². The second kappa shape index (κ2) is 4.79. The van der Waals surface area contributed by atoms with Gasteiger partial charge in [0.1, 0.15) is 17.3 Å². The molecular formula is C11H16ClN3. The molecule has 1 saturated carbocycles. The molecule has 3 nitrogen and oxygen atoms in total. The van der Waals surface area contributed by atoms with Crippen LogP contribution in [0.1, 0.15) is 32.1 Å². The maximum Gasteiger partial charge on any atom is 0.134 e. The molecule has 1 fully saturated rings. The molecule has 15 heavy (non-hydrogen) atoms. The lowest BCUT2D eigenvalue weighted by Crippen LogP contribution is -2.33. The molecule has 1 aromatic heterocycles. The van der Waals surface area contributed by atoms with Crippen LogP contribution in [0.25, 0.3) is 0 Å². The quantitative estimate of drug-likeness (QED) is 0.725. The standard InChI is InChI=1S/C11H16ClN3/c1-15(9-5-3-2-4-6-9)11-7-10(12)13-8-14-11/h7-9H,2-6H2,1H3. The van der Waals surface area contributed by atoms with E-state index >= 15 is 0 Å². The van der Waals surface area contributed by atoms with Crippen LogP contribution in [-0.2, 0) is 0 Å². The monoisotopic (exact) mass is 225 g/mol. The summed E-state index contributed by atoms with van der Waals surface area (Å²) in [7, 11) is 2.09. The number of rotatable bonds is 2. The Labute approximate surface area is 95.5 Å². The Morgan fingerprint density at radius 1 is 1.27 bits per heavy atom. The number of aromatic nitrogens is 2. The molecule has 2 rings (SSSR count). The van der Waals surface area contributed by atoms with Crippen molar-refractivity contribution in [3.8, 4) is 0 Å². The fourth-order valence-corrected chi connectivity index (χ4v) is 2.31. The van der Waals surface area contributed by atoms with Crippen molar-refractivity contribution in [3.05, 3.63) is 17.5 Å². The van der Waals surface area contributed by atoms with Crippen molar-refractivity contribution >= 4 is 17.4 Å². The summed E-state index contributed by atoms with van der Waals surface area (Å²) in [5, 5.41) is 0.516. The van der Waals surface area contributed by atoms with Gasteiger partial charge in [-0.15, -0.1) is 0 Å². The normalized spacial score (nSPS) is 17.7. The third kappa shape index (κ3) is 2.59. The van der Waals surface area contributed by atoms with Crippen LogP contribution in [0.3, 0.4) is 0 Å². The van der Waals surface area contributed by atoms with Crippen LogP contribution >= 0.6 is 11.6 Å². The molecule has 0 N–H and O–H groups in total. The third-order valence-corrected chi connectivity index (χ3v) is 3.31. The van der Waals surface area contributed by atoms with Gasteiger partial charge in [-0.05, 0) is 12.8 Å². The van der Waals surface area contributed by atoms with Crippen LogP contribution in [0, 0.1) is 0 Å². The minimum atomic E-state index is 0.516. The lowest BCUT2D eigenvalue weighted by atomic mass is 9.94. The van der Waals surface area contributed by atoms with Crippen molar-refractivity contribution in [2.45, 2.75) is 38.1 Å². The van der Waals surface area contributed by atoms with E-state index in [2.05, 4.69) is 21.9 Å². The Balaban J connectivity index is 2.08. The van der Waals surface area contributed by atoms with Crippen molar-refractivity contribution < 1.29 is 0 Å². The van der Waals surface area contributed by atoms with Gasteiger partial charge < -0.3 is 4.90 Å². The highest BCUT2D eigenvalue weighted by molar-refractivity contribution is 6.29. The highest BCUT2D eigenvalue weighted by atomic mass is 35.5. The lowest BCUT2D eigenvalue weighted by molar-refractivity contribution is 0.426. The summed E-state index contributed by atoms with van der Waals surface area (Å²) in [6, 6.07) is 2.45. The predicted molar refractivity (Wildman–Crippen MR) is 62.3 cm³/mol. The van der Waals surface area contributed by atoms with E-state index in [1.165, 1.54) is 38.4 Å². The van der Waals surface area contributed by atoms with Gasteiger partial charge >= 0.3 is 0 Å². The Morgan fingerprint density at radius 3 is 2.67 bits per heavy atom. The van der Waals surface area contributed by atoms with Gasteiger partial charge in [-0.3, -0.25) is 0 Å². The fourth-order valence-electron chi connectivity index (χ4n) is 2.17. The first-order chi connectivity index (χ1) is 7.27. The van der Waals surface area contributed by atoms with Gasteiger partial charge in [0, 0.05) is 19.2 Å². The summed E-state index contributed by atoms with van der Waals surface area (Å²) < 4.78 is 0. The molecule has 1 aromatic rings. The summed E-state index contributed by atoms with van der Waals surface area (Å²) in [6.45, 7) is 0. The van der Waals surface area contributed by atoms with E-state index in [4.69, 9.17) is 11.6 Å². The molecule has 0 spiro atoms. The van der Waals surface area contributed by atoms with Gasteiger partial charge in [0.2, 0.25) is 0 Å². The minimum absolute atomic E-state index is 0.516. The van der Waals surface area contributed by atoms with E-state index in [0.29, 0.717) is 11.2 Å². The van der Waals surface area contributed by atoms with Crippen LogP contribution in [0.5, 0.6) is 0 Å². The molecule has 0 amide bonds. The predicted octanol–water partition coefficient (Wildman–Crippen LogP) is 2.90. The van der Waals surface area contributed by atoms with Crippen molar-refractivity contribution in [1.29, 1.82) is 0 Å². The van der Waals surface area contributed by atoms with Crippen LogP contribution < -0.4 is 4.90 Å². The average Bonchev–Trinajstić information content (AvgIpc) is 2.29. The molecule has 0 atom stereocenters. The van der Waals surface area contributed by atoms with Crippen LogP contribution in [-0.4, -0.2) is 23.1 Å². The van der Waals surface area contributed by atoms with Crippen molar-refractivity contribution in [3.63, 3.8) is 0 Å². The first kappa shape index (κ1) is 10.7.